The van der Waals surface area contributed by atoms with Gasteiger partial charge in [-0.3, -0.25) is 0 Å². The molecule has 0 amide bonds. The Morgan fingerprint density at radius 2 is 1.43 bits per heavy atom. The number of para-hydroxylation sites is 1. The van der Waals surface area contributed by atoms with E-state index < -0.39 is 0 Å². The van der Waals surface area contributed by atoms with Crippen molar-refractivity contribution in [3.8, 4) is 23.6 Å². The lowest BCUT2D eigenvalue weighted by atomic mass is 10.2. The van der Waals surface area contributed by atoms with Crippen LogP contribution in [-0.2, 0) is 0 Å². The molecule has 21 heavy (non-hydrogen) atoms. The third kappa shape index (κ3) is 4.83. The minimum atomic E-state index is 0.543. The summed E-state index contributed by atoms with van der Waals surface area (Å²) >= 11 is 3.26. The second-order valence-corrected chi connectivity index (χ2v) is 4.68. The first-order chi connectivity index (χ1) is 10.2. The summed E-state index contributed by atoms with van der Waals surface area (Å²) in [6.07, 6.45) is 0. The normalized spacial score (nSPS) is 8.62. The molecule has 4 nitrogen and oxygen atoms in total. The summed E-state index contributed by atoms with van der Waals surface area (Å²) in [5.41, 5.74) is 1.12. The number of hydrogen-bond donors (Lipinski definition) is 0. The van der Waals surface area contributed by atoms with Crippen LogP contribution in [0.15, 0.2) is 46.9 Å². The first kappa shape index (κ1) is 16.6. The molecule has 0 N–H and O–H groups in total. The molecule has 0 saturated heterocycles. The second-order valence-electron chi connectivity index (χ2n) is 3.77. The number of rotatable bonds is 2. The average Bonchev–Trinajstić information content (AvgIpc) is 2.55. The van der Waals surface area contributed by atoms with Gasteiger partial charge in [-0.05, 0) is 30.3 Å². The van der Waals surface area contributed by atoms with Crippen LogP contribution in [0, 0.1) is 22.7 Å². The van der Waals surface area contributed by atoms with Crippen molar-refractivity contribution in [2.45, 2.75) is 0 Å². The van der Waals surface area contributed by atoms with Crippen LogP contribution in [-0.4, -0.2) is 14.2 Å². The van der Waals surface area contributed by atoms with E-state index in [0.29, 0.717) is 22.6 Å². The topological polar surface area (TPSA) is 66.0 Å². The Bertz CT molecular complexity index is 687. The second kappa shape index (κ2) is 8.63. The summed E-state index contributed by atoms with van der Waals surface area (Å²) in [6, 6.07) is 16.5. The van der Waals surface area contributed by atoms with E-state index in [2.05, 4.69) is 15.9 Å². The Kier molecular flexibility index (Phi) is 6.80. The van der Waals surface area contributed by atoms with E-state index in [-0.39, 0.29) is 0 Å². The van der Waals surface area contributed by atoms with Gasteiger partial charge in [-0.25, -0.2) is 0 Å². The van der Waals surface area contributed by atoms with Crippen molar-refractivity contribution in [2.24, 2.45) is 0 Å². The van der Waals surface area contributed by atoms with E-state index in [1.54, 1.807) is 44.6 Å². The van der Waals surface area contributed by atoms with E-state index in [9.17, 15) is 0 Å². The van der Waals surface area contributed by atoms with Gasteiger partial charge in [0.05, 0.1) is 25.3 Å². The molecule has 2 aromatic rings. The molecule has 0 aliphatic carbocycles. The lowest BCUT2D eigenvalue weighted by molar-refractivity contribution is 0.413. The van der Waals surface area contributed by atoms with E-state index in [1.807, 2.05) is 24.3 Å². The highest BCUT2D eigenvalue weighted by Crippen LogP contribution is 2.21. The van der Waals surface area contributed by atoms with E-state index >= 15 is 0 Å². The molecule has 5 heteroatoms. The number of nitrogens with zero attached hydrogens (tertiary/aromatic N) is 2. The fourth-order valence-electron chi connectivity index (χ4n) is 1.50. The van der Waals surface area contributed by atoms with Gasteiger partial charge in [0.2, 0.25) is 0 Å². The van der Waals surface area contributed by atoms with E-state index in [0.717, 1.165) is 4.47 Å². The van der Waals surface area contributed by atoms with Crippen molar-refractivity contribution in [1.29, 1.82) is 10.5 Å². The third-order valence-corrected chi connectivity index (χ3v) is 3.00. The van der Waals surface area contributed by atoms with Crippen molar-refractivity contribution >= 4 is 15.9 Å². The van der Waals surface area contributed by atoms with Crippen LogP contribution in [0.2, 0.25) is 0 Å². The molecule has 0 spiro atoms. The molecule has 106 valence electrons. The van der Waals surface area contributed by atoms with Gasteiger partial charge in [0, 0.05) is 4.47 Å². The summed E-state index contributed by atoms with van der Waals surface area (Å²) in [6.45, 7) is 0. The maximum atomic E-state index is 8.62. The number of nitriles is 2. The van der Waals surface area contributed by atoms with Crippen LogP contribution >= 0.6 is 15.9 Å². The zero-order chi connectivity index (χ0) is 15.7. The maximum absolute atomic E-state index is 8.62. The highest BCUT2D eigenvalue weighted by molar-refractivity contribution is 9.10. The Morgan fingerprint density at radius 3 is 1.95 bits per heavy atom. The SMILES string of the molecule is COc1ccc(Br)cc1C#N.COc1ccccc1C#N. The Labute approximate surface area is 132 Å². The minimum absolute atomic E-state index is 0.543. The molecule has 0 heterocycles. The van der Waals surface area contributed by atoms with Gasteiger partial charge in [-0.2, -0.15) is 10.5 Å². The number of methoxy groups -OCH3 is 2. The van der Waals surface area contributed by atoms with Gasteiger partial charge < -0.3 is 9.47 Å². The molecule has 2 aromatic carbocycles. The van der Waals surface area contributed by atoms with Crippen molar-refractivity contribution in [2.75, 3.05) is 14.2 Å². The number of hydrogen-bond acceptors (Lipinski definition) is 4. The smallest absolute Gasteiger partial charge is 0.136 e. The van der Waals surface area contributed by atoms with Crippen molar-refractivity contribution in [1.82, 2.24) is 0 Å². The number of ether oxygens (including phenoxy) is 2. The fourth-order valence-corrected chi connectivity index (χ4v) is 1.87. The molecule has 0 atom stereocenters. The van der Waals surface area contributed by atoms with Crippen LogP contribution in [0.3, 0.4) is 0 Å². The standard InChI is InChI=1S/C8H6BrNO.C8H7NO/c1-11-8-3-2-7(9)4-6(8)5-10;1-10-8-5-3-2-4-7(8)6-9/h2-4H,1H3;2-5H,1H3. The molecule has 0 fully saturated rings. The third-order valence-electron chi connectivity index (χ3n) is 2.51. The Balaban J connectivity index is 0.000000211. The van der Waals surface area contributed by atoms with Crippen LogP contribution < -0.4 is 9.47 Å². The van der Waals surface area contributed by atoms with Crippen LogP contribution in [0.4, 0.5) is 0 Å². The van der Waals surface area contributed by atoms with E-state index in [1.165, 1.54) is 0 Å². The molecular weight excluding hydrogens is 332 g/mol. The summed E-state index contributed by atoms with van der Waals surface area (Å²) in [7, 11) is 3.10. The predicted molar refractivity (Wildman–Crippen MR) is 83.1 cm³/mol. The zero-order valence-corrected chi connectivity index (χ0v) is 13.2. The van der Waals surface area contributed by atoms with Gasteiger partial charge in [-0.1, -0.05) is 28.1 Å². The molecule has 0 aliphatic heterocycles. The Hall–Kier alpha value is -2.50. The fraction of sp³-hybridized carbons (Fsp3) is 0.125. The first-order valence-electron chi connectivity index (χ1n) is 5.93. The highest BCUT2D eigenvalue weighted by Gasteiger charge is 2.00. The van der Waals surface area contributed by atoms with Crippen molar-refractivity contribution in [3.05, 3.63) is 58.1 Å². The van der Waals surface area contributed by atoms with Crippen molar-refractivity contribution < 1.29 is 9.47 Å². The molecule has 0 radical (unpaired) electrons. The lowest BCUT2D eigenvalue weighted by Gasteiger charge is -2.00. The van der Waals surface area contributed by atoms with Gasteiger partial charge in [0.1, 0.15) is 23.6 Å². The minimum Gasteiger partial charge on any atom is -0.495 e. The molecular formula is C16H13BrN2O2. The number of benzene rings is 2. The average molecular weight is 345 g/mol. The monoisotopic (exact) mass is 344 g/mol. The highest BCUT2D eigenvalue weighted by atomic mass is 79.9. The predicted octanol–water partition coefficient (Wildman–Crippen LogP) is 3.90. The molecule has 2 rings (SSSR count). The summed E-state index contributed by atoms with van der Waals surface area (Å²) in [5.74, 6) is 1.24. The molecule has 0 aliphatic rings. The van der Waals surface area contributed by atoms with Crippen molar-refractivity contribution in [3.63, 3.8) is 0 Å². The Morgan fingerprint density at radius 1 is 0.857 bits per heavy atom. The summed E-state index contributed by atoms with van der Waals surface area (Å²) in [5, 5.41) is 17.1. The maximum Gasteiger partial charge on any atom is 0.136 e. The largest absolute Gasteiger partial charge is 0.495 e. The van der Waals surface area contributed by atoms with Crippen LogP contribution in [0.25, 0.3) is 0 Å². The first-order valence-corrected chi connectivity index (χ1v) is 6.72. The molecule has 0 aromatic heterocycles. The molecule has 0 unspecified atom stereocenters. The van der Waals surface area contributed by atoms with Crippen LogP contribution in [0.5, 0.6) is 11.5 Å². The lowest BCUT2D eigenvalue weighted by Crippen LogP contribution is -1.86. The van der Waals surface area contributed by atoms with Gasteiger partial charge in [0.15, 0.2) is 0 Å². The van der Waals surface area contributed by atoms with Gasteiger partial charge >= 0.3 is 0 Å². The summed E-state index contributed by atoms with van der Waals surface area (Å²) < 4.78 is 10.7. The van der Waals surface area contributed by atoms with Gasteiger partial charge in [-0.15, -0.1) is 0 Å². The zero-order valence-electron chi connectivity index (χ0n) is 11.6. The quantitative estimate of drug-likeness (QED) is 0.828. The number of halogens is 1. The molecule has 0 saturated carbocycles. The van der Waals surface area contributed by atoms with E-state index in [4.69, 9.17) is 20.0 Å². The molecule has 0 bridgehead atoms. The van der Waals surface area contributed by atoms with Gasteiger partial charge in [0.25, 0.3) is 0 Å². The van der Waals surface area contributed by atoms with Crippen LogP contribution in [0.1, 0.15) is 11.1 Å². The summed E-state index contributed by atoms with van der Waals surface area (Å²) in [4.78, 5) is 0.